The average molecular weight is 329 g/mol. The molecule has 0 radical (unpaired) electrons. The molecule has 0 saturated carbocycles. The first-order valence-corrected chi connectivity index (χ1v) is 8.50. The van der Waals surface area contributed by atoms with E-state index < -0.39 is 5.54 Å². The Morgan fingerprint density at radius 2 is 2.05 bits per heavy atom. The van der Waals surface area contributed by atoms with Crippen molar-refractivity contribution in [3.63, 3.8) is 0 Å². The van der Waals surface area contributed by atoms with Crippen LogP contribution in [0.2, 0.25) is 4.34 Å². The molecular weight excluding hydrogens is 308 g/mol. The van der Waals surface area contributed by atoms with E-state index in [0.717, 1.165) is 4.88 Å². The van der Waals surface area contributed by atoms with Crippen LogP contribution >= 0.6 is 22.9 Å². The molecule has 116 valence electrons. The van der Waals surface area contributed by atoms with E-state index in [-0.39, 0.29) is 17.9 Å². The van der Waals surface area contributed by atoms with E-state index in [4.69, 9.17) is 11.6 Å². The SMILES string of the molecule is CCC1(CC)NC(=O)CCN(C(C)c2ccc(Cl)s2)C1=O. The first-order valence-electron chi connectivity index (χ1n) is 7.31. The third-order valence-corrected chi connectivity index (χ3v) is 5.71. The van der Waals surface area contributed by atoms with Crippen LogP contribution in [-0.4, -0.2) is 28.8 Å². The average Bonchev–Trinajstić information content (AvgIpc) is 2.85. The minimum absolute atomic E-state index is 0.00960. The van der Waals surface area contributed by atoms with Crippen molar-refractivity contribution < 1.29 is 9.59 Å². The van der Waals surface area contributed by atoms with Gasteiger partial charge in [-0.15, -0.1) is 11.3 Å². The molecule has 1 aromatic rings. The van der Waals surface area contributed by atoms with Crippen LogP contribution in [0.4, 0.5) is 0 Å². The molecule has 1 saturated heterocycles. The monoisotopic (exact) mass is 328 g/mol. The minimum atomic E-state index is -0.775. The number of rotatable bonds is 4. The molecule has 0 spiro atoms. The van der Waals surface area contributed by atoms with Gasteiger partial charge in [0.1, 0.15) is 5.54 Å². The lowest BCUT2D eigenvalue weighted by Crippen LogP contribution is -2.56. The molecule has 2 rings (SSSR count). The number of carbonyl (C=O) groups is 2. The molecule has 1 fully saturated rings. The van der Waals surface area contributed by atoms with Crippen molar-refractivity contribution in [2.45, 2.75) is 51.6 Å². The lowest BCUT2D eigenvalue weighted by atomic mass is 9.90. The fourth-order valence-electron chi connectivity index (χ4n) is 2.79. The summed E-state index contributed by atoms with van der Waals surface area (Å²) >= 11 is 7.48. The molecule has 1 aliphatic rings. The number of halogens is 1. The largest absolute Gasteiger partial charge is 0.342 e. The molecule has 6 heteroatoms. The van der Waals surface area contributed by atoms with E-state index in [0.29, 0.717) is 30.1 Å². The predicted molar refractivity (Wildman–Crippen MR) is 85.5 cm³/mol. The topological polar surface area (TPSA) is 49.4 Å². The summed E-state index contributed by atoms with van der Waals surface area (Å²) in [6, 6.07) is 3.72. The molecule has 1 aliphatic heterocycles. The predicted octanol–water partition coefficient (Wildman–Crippen LogP) is 3.37. The van der Waals surface area contributed by atoms with Gasteiger partial charge in [0.15, 0.2) is 0 Å². The Kier molecular flexibility index (Phi) is 4.94. The Morgan fingerprint density at radius 3 is 2.57 bits per heavy atom. The Balaban J connectivity index is 2.33. The fourth-order valence-corrected chi connectivity index (χ4v) is 3.91. The highest BCUT2D eigenvalue weighted by Gasteiger charge is 2.43. The zero-order valence-corrected chi connectivity index (χ0v) is 14.2. The van der Waals surface area contributed by atoms with Gasteiger partial charge in [-0.05, 0) is 31.9 Å². The summed E-state index contributed by atoms with van der Waals surface area (Å²) in [5.41, 5.74) is -0.775. The zero-order chi connectivity index (χ0) is 15.6. The van der Waals surface area contributed by atoms with E-state index in [1.165, 1.54) is 11.3 Å². The van der Waals surface area contributed by atoms with Crippen molar-refractivity contribution in [3.8, 4) is 0 Å². The Labute approximate surface area is 134 Å². The van der Waals surface area contributed by atoms with Gasteiger partial charge in [-0.1, -0.05) is 25.4 Å². The summed E-state index contributed by atoms with van der Waals surface area (Å²) in [5.74, 6) is -0.0404. The van der Waals surface area contributed by atoms with Crippen LogP contribution in [0.5, 0.6) is 0 Å². The molecule has 4 nitrogen and oxygen atoms in total. The number of hydrogen-bond donors (Lipinski definition) is 1. The first kappa shape index (κ1) is 16.3. The maximum Gasteiger partial charge on any atom is 0.248 e. The number of amides is 2. The van der Waals surface area contributed by atoms with Crippen LogP contribution < -0.4 is 5.32 Å². The minimum Gasteiger partial charge on any atom is -0.342 e. The van der Waals surface area contributed by atoms with E-state index in [1.54, 1.807) is 0 Å². The Bertz CT molecular complexity index is 540. The molecule has 0 aliphatic carbocycles. The van der Waals surface area contributed by atoms with Crippen molar-refractivity contribution in [1.82, 2.24) is 10.2 Å². The Hall–Kier alpha value is -1.07. The number of nitrogens with zero attached hydrogens (tertiary/aromatic N) is 1. The Morgan fingerprint density at radius 1 is 1.38 bits per heavy atom. The van der Waals surface area contributed by atoms with Crippen molar-refractivity contribution in [2.75, 3.05) is 6.54 Å². The number of carbonyl (C=O) groups excluding carboxylic acids is 2. The van der Waals surface area contributed by atoms with E-state index in [1.807, 2.05) is 37.8 Å². The standard InChI is InChI=1S/C15H21ClN2O2S/c1-4-15(5-2)14(20)18(9-8-13(19)17-15)10(3)11-6-7-12(16)21-11/h6-7,10H,4-5,8-9H2,1-3H3,(H,17,19). The van der Waals surface area contributed by atoms with Crippen LogP contribution in [0.1, 0.15) is 51.0 Å². The molecule has 1 N–H and O–H groups in total. The highest BCUT2D eigenvalue weighted by Crippen LogP contribution is 2.33. The van der Waals surface area contributed by atoms with E-state index in [2.05, 4.69) is 5.32 Å². The second-order valence-corrected chi connectivity index (χ2v) is 7.15. The van der Waals surface area contributed by atoms with Gasteiger partial charge in [0.05, 0.1) is 10.4 Å². The maximum atomic E-state index is 13.0. The summed E-state index contributed by atoms with van der Waals surface area (Å²) < 4.78 is 0.713. The first-order chi connectivity index (χ1) is 9.93. The van der Waals surface area contributed by atoms with Gasteiger partial charge >= 0.3 is 0 Å². The van der Waals surface area contributed by atoms with Gasteiger partial charge in [-0.3, -0.25) is 9.59 Å². The number of thiophene rings is 1. The molecule has 2 heterocycles. The molecule has 1 atom stereocenters. The van der Waals surface area contributed by atoms with Crippen LogP contribution in [0, 0.1) is 0 Å². The zero-order valence-electron chi connectivity index (χ0n) is 12.6. The number of nitrogens with one attached hydrogen (secondary N) is 1. The third-order valence-electron chi connectivity index (χ3n) is 4.31. The van der Waals surface area contributed by atoms with Crippen molar-refractivity contribution in [1.29, 1.82) is 0 Å². The number of hydrogen-bond acceptors (Lipinski definition) is 3. The van der Waals surface area contributed by atoms with Crippen LogP contribution in [0.15, 0.2) is 12.1 Å². The molecular formula is C15H21ClN2O2S. The maximum absolute atomic E-state index is 13.0. The summed E-state index contributed by atoms with van der Waals surface area (Å²) in [7, 11) is 0. The third kappa shape index (κ3) is 3.09. The lowest BCUT2D eigenvalue weighted by molar-refractivity contribution is -0.141. The smallest absolute Gasteiger partial charge is 0.248 e. The van der Waals surface area contributed by atoms with Crippen molar-refractivity contribution in [2.24, 2.45) is 0 Å². The lowest BCUT2D eigenvalue weighted by Gasteiger charge is -2.36. The van der Waals surface area contributed by atoms with Crippen molar-refractivity contribution in [3.05, 3.63) is 21.3 Å². The van der Waals surface area contributed by atoms with Gasteiger partial charge < -0.3 is 10.2 Å². The quantitative estimate of drug-likeness (QED) is 0.921. The highest BCUT2D eigenvalue weighted by atomic mass is 35.5. The van der Waals surface area contributed by atoms with Gasteiger partial charge in [0.2, 0.25) is 11.8 Å². The molecule has 21 heavy (non-hydrogen) atoms. The highest BCUT2D eigenvalue weighted by molar-refractivity contribution is 7.16. The molecule has 0 bridgehead atoms. The van der Waals surface area contributed by atoms with Gasteiger partial charge in [-0.25, -0.2) is 0 Å². The van der Waals surface area contributed by atoms with E-state index >= 15 is 0 Å². The summed E-state index contributed by atoms with van der Waals surface area (Å²) in [4.78, 5) is 27.8. The van der Waals surface area contributed by atoms with E-state index in [9.17, 15) is 9.59 Å². The summed E-state index contributed by atoms with van der Waals surface area (Å²) in [6.45, 7) is 6.32. The fraction of sp³-hybridized carbons (Fsp3) is 0.600. The summed E-state index contributed by atoms with van der Waals surface area (Å²) in [5, 5.41) is 2.93. The van der Waals surface area contributed by atoms with Gasteiger partial charge in [0.25, 0.3) is 0 Å². The van der Waals surface area contributed by atoms with Crippen molar-refractivity contribution >= 4 is 34.8 Å². The van der Waals surface area contributed by atoms with Gasteiger partial charge in [0, 0.05) is 17.8 Å². The van der Waals surface area contributed by atoms with Crippen LogP contribution in [-0.2, 0) is 9.59 Å². The van der Waals surface area contributed by atoms with Crippen LogP contribution in [0.3, 0.4) is 0 Å². The summed E-state index contributed by atoms with van der Waals surface area (Å²) in [6.07, 6.45) is 1.54. The molecule has 1 unspecified atom stereocenters. The van der Waals surface area contributed by atoms with Crippen LogP contribution in [0.25, 0.3) is 0 Å². The molecule has 2 amide bonds. The normalized spacial score (nSPS) is 20.1. The molecule has 1 aromatic heterocycles. The molecule has 0 aromatic carbocycles. The second kappa shape index (κ2) is 6.36. The van der Waals surface area contributed by atoms with Gasteiger partial charge in [-0.2, -0.15) is 0 Å². The second-order valence-electron chi connectivity index (χ2n) is 5.40.